The molecule has 5 nitrogen and oxygen atoms in total. The van der Waals surface area contributed by atoms with E-state index in [4.69, 9.17) is 5.73 Å². The molecule has 114 valence electrons. The molecule has 1 aliphatic rings. The average molecular weight is 289 g/mol. The maximum atomic E-state index is 12.3. The maximum absolute atomic E-state index is 12.3. The van der Waals surface area contributed by atoms with Gasteiger partial charge in [0.25, 0.3) is 5.91 Å². The second kappa shape index (κ2) is 6.72. The van der Waals surface area contributed by atoms with Gasteiger partial charge in [-0.05, 0) is 18.1 Å². The van der Waals surface area contributed by atoms with Gasteiger partial charge in [-0.25, -0.2) is 0 Å². The second-order valence-corrected chi connectivity index (χ2v) is 5.75. The van der Waals surface area contributed by atoms with Gasteiger partial charge in [0.15, 0.2) is 0 Å². The van der Waals surface area contributed by atoms with E-state index in [1.54, 1.807) is 9.80 Å². The predicted molar refractivity (Wildman–Crippen MR) is 81.7 cm³/mol. The highest BCUT2D eigenvalue weighted by Gasteiger charge is 2.28. The van der Waals surface area contributed by atoms with Crippen LogP contribution in [0, 0.1) is 5.92 Å². The first-order valence-corrected chi connectivity index (χ1v) is 7.39. The summed E-state index contributed by atoms with van der Waals surface area (Å²) in [4.78, 5) is 28.1. The summed E-state index contributed by atoms with van der Waals surface area (Å²) in [6, 6.07) is 8.77. The highest BCUT2D eigenvalue weighted by atomic mass is 16.2. The zero-order valence-corrected chi connectivity index (χ0v) is 12.7. The summed E-state index contributed by atoms with van der Waals surface area (Å²) in [5, 5.41) is 0. The molecule has 0 saturated carbocycles. The quantitative estimate of drug-likeness (QED) is 0.901. The summed E-state index contributed by atoms with van der Waals surface area (Å²) in [7, 11) is 0. The largest absolute Gasteiger partial charge is 0.338 e. The molecule has 1 atom stereocenters. The molecule has 21 heavy (non-hydrogen) atoms. The van der Waals surface area contributed by atoms with Gasteiger partial charge < -0.3 is 15.5 Å². The first-order valence-electron chi connectivity index (χ1n) is 7.39. The number of rotatable bonds is 3. The van der Waals surface area contributed by atoms with Gasteiger partial charge in [0.1, 0.15) is 0 Å². The van der Waals surface area contributed by atoms with Gasteiger partial charge in [-0.1, -0.05) is 32.0 Å². The lowest BCUT2D eigenvalue weighted by Gasteiger charge is -2.36. The molecule has 2 rings (SSSR count). The first-order chi connectivity index (χ1) is 10.0. The molecule has 1 aromatic carbocycles. The van der Waals surface area contributed by atoms with Crippen LogP contribution in [0.1, 0.15) is 24.2 Å². The third-order valence-corrected chi connectivity index (χ3v) is 3.90. The molecule has 0 radical (unpaired) electrons. The molecule has 0 unspecified atom stereocenters. The van der Waals surface area contributed by atoms with Crippen LogP contribution in [0.4, 0.5) is 0 Å². The summed E-state index contributed by atoms with van der Waals surface area (Å²) in [5.41, 5.74) is 6.60. The van der Waals surface area contributed by atoms with Crippen molar-refractivity contribution in [1.82, 2.24) is 9.80 Å². The molecule has 0 bridgehead atoms. The van der Waals surface area contributed by atoms with Crippen LogP contribution in [0.25, 0.3) is 0 Å². The van der Waals surface area contributed by atoms with Crippen molar-refractivity contribution in [3.63, 3.8) is 0 Å². The number of benzene rings is 1. The van der Waals surface area contributed by atoms with Crippen LogP contribution in [0.5, 0.6) is 0 Å². The minimum atomic E-state index is -0.457. The van der Waals surface area contributed by atoms with Crippen LogP contribution in [0.2, 0.25) is 0 Å². The second-order valence-electron chi connectivity index (χ2n) is 5.75. The lowest BCUT2D eigenvalue weighted by Crippen LogP contribution is -2.55. The standard InChI is InChI=1S/C16H23N3O2/c1-12(2)14(17)16(21)19-10-8-18(9-11-19)15(20)13-6-4-3-5-7-13/h3-7,12,14H,8-11,17H2,1-2H3/t14-/m0/s1. The average Bonchev–Trinajstić information content (AvgIpc) is 2.53. The SMILES string of the molecule is CC(C)[C@H](N)C(=O)N1CCN(C(=O)c2ccccc2)CC1. The fourth-order valence-corrected chi connectivity index (χ4v) is 2.39. The van der Waals surface area contributed by atoms with Crippen LogP contribution < -0.4 is 5.73 Å². The normalized spacial score (nSPS) is 17.0. The molecule has 1 fully saturated rings. The lowest BCUT2D eigenvalue weighted by atomic mass is 10.0. The Hall–Kier alpha value is -1.88. The molecule has 0 aromatic heterocycles. The van der Waals surface area contributed by atoms with Crippen molar-refractivity contribution in [2.45, 2.75) is 19.9 Å². The number of piperazine rings is 1. The van der Waals surface area contributed by atoms with E-state index in [0.29, 0.717) is 31.7 Å². The van der Waals surface area contributed by atoms with Crippen molar-refractivity contribution >= 4 is 11.8 Å². The summed E-state index contributed by atoms with van der Waals surface area (Å²) in [6.07, 6.45) is 0. The van der Waals surface area contributed by atoms with E-state index in [1.807, 2.05) is 44.2 Å². The van der Waals surface area contributed by atoms with Crippen molar-refractivity contribution in [2.75, 3.05) is 26.2 Å². The first kappa shape index (κ1) is 15.5. The van der Waals surface area contributed by atoms with Crippen molar-refractivity contribution in [2.24, 2.45) is 11.7 Å². The van der Waals surface area contributed by atoms with Gasteiger partial charge in [-0.15, -0.1) is 0 Å². The summed E-state index contributed by atoms with van der Waals surface area (Å²) in [5.74, 6) is 0.133. The van der Waals surface area contributed by atoms with Crippen LogP contribution in [0.15, 0.2) is 30.3 Å². The van der Waals surface area contributed by atoms with Gasteiger partial charge in [0, 0.05) is 31.7 Å². The number of hydrogen-bond acceptors (Lipinski definition) is 3. The fourth-order valence-electron chi connectivity index (χ4n) is 2.39. The smallest absolute Gasteiger partial charge is 0.253 e. The molecule has 2 amide bonds. The van der Waals surface area contributed by atoms with Gasteiger partial charge in [-0.3, -0.25) is 9.59 Å². The fraction of sp³-hybridized carbons (Fsp3) is 0.500. The molecule has 1 aliphatic heterocycles. The Bertz CT molecular complexity index is 494. The van der Waals surface area contributed by atoms with E-state index in [0.717, 1.165) is 0 Å². The number of carbonyl (C=O) groups excluding carboxylic acids is 2. The van der Waals surface area contributed by atoms with Gasteiger partial charge in [0.2, 0.25) is 5.91 Å². The maximum Gasteiger partial charge on any atom is 0.253 e. The van der Waals surface area contributed by atoms with Crippen molar-refractivity contribution in [3.8, 4) is 0 Å². The molecule has 1 aromatic rings. The lowest BCUT2D eigenvalue weighted by molar-refractivity contribution is -0.135. The highest BCUT2D eigenvalue weighted by Crippen LogP contribution is 2.11. The molecule has 5 heteroatoms. The monoisotopic (exact) mass is 289 g/mol. The van der Waals surface area contributed by atoms with Gasteiger partial charge >= 0.3 is 0 Å². The van der Waals surface area contributed by atoms with E-state index >= 15 is 0 Å². The third kappa shape index (κ3) is 3.61. The van der Waals surface area contributed by atoms with Gasteiger partial charge in [-0.2, -0.15) is 0 Å². The van der Waals surface area contributed by atoms with Crippen LogP contribution >= 0.6 is 0 Å². The minimum Gasteiger partial charge on any atom is -0.338 e. The molecule has 2 N–H and O–H groups in total. The van der Waals surface area contributed by atoms with E-state index in [2.05, 4.69) is 0 Å². The van der Waals surface area contributed by atoms with E-state index in [9.17, 15) is 9.59 Å². The van der Waals surface area contributed by atoms with Crippen molar-refractivity contribution < 1.29 is 9.59 Å². The molecule has 1 heterocycles. The van der Waals surface area contributed by atoms with Crippen LogP contribution in [-0.4, -0.2) is 53.8 Å². The Kier molecular flexibility index (Phi) is 4.96. The molecule has 0 aliphatic carbocycles. The highest BCUT2D eigenvalue weighted by molar-refractivity contribution is 5.94. The van der Waals surface area contributed by atoms with Crippen molar-refractivity contribution in [1.29, 1.82) is 0 Å². The summed E-state index contributed by atoms with van der Waals surface area (Å²) in [6.45, 7) is 6.11. The van der Waals surface area contributed by atoms with Crippen molar-refractivity contribution in [3.05, 3.63) is 35.9 Å². The van der Waals surface area contributed by atoms with E-state index in [-0.39, 0.29) is 17.7 Å². The van der Waals surface area contributed by atoms with E-state index in [1.165, 1.54) is 0 Å². The number of amides is 2. The Morgan fingerprint density at radius 2 is 1.52 bits per heavy atom. The van der Waals surface area contributed by atoms with E-state index < -0.39 is 6.04 Å². The zero-order chi connectivity index (χ0) is 15.4. The molecular weight excluding hydrogens is 266 g/mol. The molecule has 1 saturated heterocycles. The van der Waals surface area contributed by atoms with Gasteiger partial charge in [0.05, 0.1) is 6.04 Å². The zero-order valence-electron chi connectivity index (χ0n) is 12.7. The minimum absolute atomic E-state index is 0.0168. The number of nitrogens with two attached hydrogens (primary N) is 1. The topological polar surface area (TPSA) is 66.6 Å². The summed E-state index contributed by atoms with van der Waals surface area (Å²) >= 11 is 0. The van der Waals surface area contributed by atoms with Crippen LogP contribution in [0.3, 0.4) is 0 Å². The molecule has 0 spiro atoms. The number of hydrogen-bond donors (Lipinski definition) is 1. The Morgan fingerprint density at radius 3 is 2.05 bits per heavy atom. The molecular formula is C16H23N3O2. The Morgan fingerprint density at radius 1 is 1.00 bits per heavy atom. The summed E-state index contributed by atoms with van der Waals surface area (Å²) < 4.78 is 0. The number of carbonyl (C=O) groups is 2. The third-order valence-electron chi connectivity index (χ3n) is 3.90. The Labute approximate surface area is 125 Å². The van der Waals surface area contributed by atoms with Crippen LogP contribution in [-0.2, 0) is 4.79 Å². The Balaban J connectivity index is 1.92. The number of nitrogens with zero attached hydrogens (tertiary/aromatic N) is 2. The predicted octanol–water partition coefficient (Wildman–Crippen LogP) is 0.954.